The van der Waals surface area contributed by atoms with Crippen LogP contribution in [0.1, 0.15) is 373 Å². The fourth-order valence-electron chi connectivity index (χ4n) is 10.7. The van der Waals surface area contributed by atoms with E-state index in [1.54, 1.807) is 0 Å². The molecule has 0 aromatic heterocycles. The lowest BCUT2D eigenvalue weighted by atomic mass is 10.0. The van der Waals surface area contributed by atoms with Gasteiger partial charge in [-0.25, -0.2) is 0 Å². The van der Waals surface area contributed by atoms with Crippen LogP contribution in [0.5, 0.6) is 0 Å². The number of nitrogens with one attached hydrogen (secondary N) is 1. The molecule has 0 heterocycles. The third-order valence-corrected chi connectivity index (χ3v) is 15.9. The molecule has 0 bridgehead atoms. The van der Waals surface area contributed by atoms with E-state index < -0.39 is 12.1 Å². The number of hydrogen-bond acceptors (Lipinski definition) is 5. The van der Waals surface area contributed by atoms with Gasteiger partial charge in [0.1, 0.15) is 0 Å². The van der Waals surface area contributed by atoms with E-state index in [1.165, 1.54) is 289 Å². The van der Waals surface area contributed by atoms with Crippen LogP contribution >= 0.6 is 0 Å². The standard InChI is InChI=1S/C70H133NO5/c1-3-5-7-9-11-13-43-48-52-56-60-64-70(75)76-65-61-57-53-49-45-42-40-38-36-34-32-30-28-26-24-22-20-18-16-14-15-17-19-21-23-25-27-29-31-33-35-37-39-41-44-47-51-55-59-63-69(74)71-67(66-72)68(73)62-58-54-50-46-12-10-8-6-4-2/h9,11,14-15,18,20,67-68,72-73H,3-8,10,12-13,16-17,19,21-66H2,1-2H3,(H,71,74)/b11-9-,15-14-,20-18-. The van der Waals surface area contributed by atoms with E-state index in [9.17, 15) is 19.8 Å². The number of aliphatic hydroxyl groups excluding tert-OH is 2. The molecule has 0 saturated carbocycles. The Balaban J connectivity index is 3.33. The van der Waals surface area contributed by atoms with Crippen LogP contribution in [0.3, 0.4) is 0 Å². The van der Waals surface area contributed by atoms with Gasteiger partial charge in [-0.15, -0.1) is 0 Å². The summed E-state index contributed by atoms with van der Waals surface area (Å²) in [6, 6.07) is -0.537. The molecule has 0 fully saturated rings. The van der Waals surface area contributed by atoms with E-state index in [0.717, 1.165) is 51.4 Å². The highest BCUT2D eigenvalue weighted by atomic mass is 16.5. The molecule has 2 unspecified atom stereocenters. The van der Waals surface area contributed by atoms with Crippen molar-refractivity contribution in [1.29, 1.82) is 0 Å². The van der Waals surface area contributed by atoms with Gasteiger partial charge in [0, 0.05) is 12.8 Å². The van der Waals surface area contributed by atoms with Crippen LogP contribution in [0.25, 0.3) is 0 Å². The van der Waals surface area contributed by atoms with Crippen molar-refractivity contribution in [3.05, 3.63) is 36.5 Å². The molecule has 76 heavy (non-hydrogen) atoms. The van der Waals surface area contributed by atoms with Crippen molar-refractivity contribution < 1.29 is 24.5 Å². The summed E-state index contributed by atoms with van der Waals surface area (Å²) in [6.07, 6.45) is 83.6. The van der Waals surface area contributed by atoms with E-state index in [-0.39, 0.29) is 18.5 Å². The average molecular weight is 1070 g/mol. The second-order valence-corrected chi connectivity index (χ2v) is 23.5. The summed E-state index contributed by atoms with van der Waals surface area (Å²) in [7, 11) is 0. The van der Waals surface area contributed by atoms with Crippen LogP contribution in [0, 0.1) is 0 Å². The van der Waals surface area contributed by atoms with Crippen LogP contribution < -0.4 is 5.32 Å². The lowest BCUT2D eigenvalue weighted by Crippen LogP contribution is -2.45. The minimum Gasteiger partial charge on any atom is -0.466 e. The van der Waals surface area contributed by atoms with Gasteiger partial charge in [0.15, 0.2) is 0 Å². The smallest absolute Gasteiger partial charge is 0.305 e. The fourth-order valence-corrected chi connectivity index (χ4v) is 10.7. The zero-order chi connectivity index (χ0) is 55.0. The van der Waals surface area contributed by atoms with Gasteiger partial charge < -0.3 is 20.3 Å². The van der Waals surface area contributed by atoms with Crippen LogP contribution in [0.2, 0.25) is 0 Å². The number of carbonyl (C=O) groups excluding carboxylic acids is 2. The number of hydrogen-bond donors (Lipinski definition) is 3. The molecule has 0 aliphatic rings. The molecular formula is C70H133NO5. The molecule has 0 aliphatic carbocycles. The van der Waals surface area contributed by atoms with E-state index in [1.807, 2.05) is 0 Å². The van der Waals surface area contributed by atoms with Gasteiger partial charge in [0.05, 0.1) is 25.4 Å². The molecule has 0 aromatic rings. The van der Waals surface area contributed by atoms with Gasteiger partial charge in [-0.2, -0.15) is 0 Å². The highest BCUT2D eigenvalue weighted by molar-refractivity contribution is 5.76. The second kappa shape index (κ2) is 65.6. The maximum Gasteiger partial charge on any atom is 0.305 e. The highest BCUT2D eigenvalue weighted by Gasteiger charge is 2.20. The summed E-state index contributed by atoms with van der Waals surface area (Å²) >= 11 is 0. The Morgan fingerprint density at radius 1 is 0.368 bits per heavy atom. The molecule has 3 N–H and O–H groups in total. The Labute approximate surface area is 474 Å². The number of carbonyl (C=O) groups is 2. The predicted octanol–water partition coefficient (Wildman–Crippen LogP) is 21.9. The Bertz CT molecular complexity index is 1230. The number of ether oxygens (including phenoxy) is 1. The summed E-state index contributed by atoms with van der Waals surface area (Å²) in [5.41, 5.74) is 0. The Kier molecular flexibility index (Phi) is 63.9. The predicted molar refractivity (Wildman–Crippen MR) is 333 cm³/mol. The number of esters is 1. The first kappa shape index (κ1) is 74.1. The first-order chi connectivity index (χ1) is 37.5. The van der Waals surface area contributed by atoms with Crippen molar-refractivity contribution in [2.45, 2.75) is 386 Å². The number of unbranched alkanes of at least 4 members (excludes halogenated alkanes) is 47. The summed E-state index contributed by atoms with van der Waals surface area (Å²) in [6.45, 7) is 4.91. The summed E-state index contributed by atoms with van der Waals surface area (Å²) in [4.78, 5) is 24.4. The van der Waals surface area contributed by atoms with Crippen molar-refractivity contribution in [3.8, 4) is 0 Å². The quantitative estimate of drug-likeness (QED) is 0.0320. The summed E-state index contributed by atoms with van der Waals surface area (Å²) < 4.78 is 5.47. The normalized spacial score (nSPS) is 12.7. The Morgan fingerprint density at radius 2 is 0.671 bits per heavy atom. The third kappa shape index (κ3) is 61.3. The maximum atomic E-state index is 12.4. The van der Waals surface area contributed by atoms with Gasteiger partial charge in [0.25, 0.3) is 0 Å². The van der Waals surface area contributed by atoms with Gasteiger partial charge in [-0.3, -0.25) is 9.59 Å². The topological polar surface area (TPSA) is 95.9 Å². The average Bonchev–Trinajstić information content (AvgIpc) is 3.42. The first-order valence-electron chi connectivity index (χ1n) is 34.2. The van der Waals surface area contributed by atoms with E-state index in [4.69, 9.17) is 4.74 Å². The third-order valence-electron chi connectivity index (χ3n) is 15.9. The lowest BCUT2D eigenvalue weighted by Gasteiger charge is -2.22. The molecule has 448 valence electrons. The molecule has 0 saturated heterocycles. The number of rotatable bonds is 64. The molecule has 6 heteroatoms. The lowest BCUT2D eigenvalue weighted by molar-refractivity contribution is -0.143. The van der Waals surface area contributed by atoms with Gasteiger partial charge in [0.2, 0.25) is 5.91 Å². The van der Waals surface area contributed by atoms with E-state index >= 15 is 0 Å². The van der Waals surface area contributed by atoms with Crippen molar-refractivity contribution in [2.75, 3.05) is 13.2 Å². The largest absolute Gasteiger partial charge is 0.466 e. The van der Waals surface area contributed by atoms with Gasteiger partial charge in [-0.05, 0) is 77.0 Å². The summed E-state index contributed by atoms with van der Waals surface area (Å²) in [5.74, 6) is -0.0239. The van der Waals surface area contributed by atoms with E-state index in [2.05, 4.69) is 55.6 Å². The minimum absolute atomic E-state index is 0.00916. The van der Waals surface area contributed by atoms with Gasteiger partial charge in [-0.1, -0.05) is 320 Å². The van der Waals surface area contributed by atoms with Crippen molar-refractivity contribution >= 4 is 11.9 Å². The SMILES string of the molecule is CCCC/C=C\CCCCCCCC(=O)OCCCCCCCCCCCCCCCCC/C=C\C/C=C\CCCCCCCCCCCCCCCCCCCC(=O)NC(CO)C(O)CCCCCCCCCCC. The molecule has 0 spiro atoms. The van der Waals surface area contributed by atoms with Crippen LogP contribution in [0.4, 0.5) is 0 Å². The fraction of sp³-hybridized carbons (Fsp3) is 0.886. The zero-order valence-electron chi connectivity index (χ0n) is 51.3. The van der Waals surface area contributed by atoms with E-state index in [0.29, 0.717) is 25.9 Å². The number of amides is 1. The first-order valence-corrected chi connectivity index (χ1v) is 34.2. The Morgan fingerprint density at radius 3 is 1.05 bits per heavy atom. The number of allylic oxidation sites excluding steroid dienone is 6. The van der Waals surface area contributed by atoms with Crippen molar-refractivity contribution in [1.82, 2.24) is 5.32 Å². The number of aliphatic hydroxyl groups is 2. The molecule has 0 aromatic carbocycles. The van der Waals surface area contributed by atoms with Crippen LogP contribution in [0.15, 0.2) is 36.5 Å². The van der Waals surface area contributed by atoms with Gasteiger partial charge >= 0.3 is 5.97 Å². The minimum atomic E-state index is -0.659. The monoisotopic (exact) mass is 1070 g/mol. The van der Waals surface area contributed by atoms with Crippen LogP contribution in [-0.2, 0) is 14.3 Å². The molecule has 2 atom stereocenters. The highest BCUT2D eigenvalue weighted by Crippen LogP contribution is 2.18. The molecular weight excluding hydrogens is 935 g/mol. The Hall–Kier alpha value is -1.92. The van der Waals surface area contributed by atoms with Crippen molar-refractivity contribution in [3.63, 3.8) is 0 Å². The maximum absolute atomic E-state index is 12.4. The molecule has 1 amide bonds. The second-order valence-electron chi connectivity index (χ2n) is 23.5. The molecule has 0 radical (unpaired) electrons. The zero-order valence-corrected chi connectivity index (χ0v) is 51.3. The van der Waals surface area contributed by atoms with Crippen LogP contribution in [-0.4, -0.2) is 47.4 Å². The molecule has 0 rings (SSSR count). The molecule has 0 aliphatic heterocycles. The summed E-state index contributed by atoms with van der Waals surface area (Å²) in [5, 5.41) is 23.1. The molecule has 6 nitrogen and oxygen atoms in total. The van der Waals surface area contributed by atoms with Crippen molar-refractivity contribution in [2.24, 2.45) is 0 Å².